The second-order valence-electron chi connectivity index (χ2n) is 6.75. The Balaban J connectivity index is 1.96. The minimum atomic E-state index is -0.679. The molecule has 4 nitrogen and oxygen atoms in total. The highest BCUT2D eigenvalue weighted by atomic mass is 19.1. The lowest BCUT2D eigenvalue weighted by Gasteiger charge is -2.10. The van der Waals surface area contributed by atoms with Crippen molar-refractivity contribution in [1.29, 1.82) is 0 Å². The van der Waals surface area contributed by atoms with Crippen LogP contribution in [-0.4, -0.2) is 14.1 Å². The van der Waals surface area contributed by atoms with Gasteiger partial charge in [0.1, 0.15) is 5.52 Å². The second-order valence-corrected chi connectivity index (χ2v) is 6.75. The zero-order chi connectivity index (χ0) is 17.1. The summed E-state index contributed by atoms with van der Waals surface area (Å²) >= 11 is 0. The summed E-state index contributed by atoms with van der Waals surface area (Å²) in [4.78, 5) is 16.0. The van der Waals surface area contributed by atoms with Crippen molar-refractivity contribution in [2.75, 3.05) is 0 Å². The topological polar surface area (TPSA) is 39.8 Å². The molecule has 3 aromatic rings. The molecule has 24 heavy (non-hydrogen) atoms. The Bertz CT molecular complexity index is 1020. The molecule has 1 aliphatic carbocycles. The molecular weight excluding hydrogens is 312 g/mol. The van der Waals surface area contributed by atoms with E-state index < -0.39 is 11.6 Å². The van der Waals surface area contributed by atoms with Crippen LogP contribution in [-0.2, 0) is 13.6 Å². The Kier molecular flexibility index (Phi) is 3.04. The van der Waals surface area contributed by atoms with Crippen LogP contribution in [0.1, 0.15) is 19.8 Å². The SMILES string of the molecule is Cn1c(=O)n(CC2(C)CC2)c2ccc(-c3c#cncc3F)c(F)c21. The van der Waals surface area contributed by atoms with Crippen LogP contribution in [0.2, 0.25) is 0 Å². The summed E-state index contributed by atoms with van der Waals surface area (Å²) < 4.78 is 31.8. The second kappa shape index (κ2) is 4.91. The highest BCUT2D eigenvalue weighted by Crippen LogP contribution is 2.46. The van der Waals surface area contributed by atoms with E-state index in [0.717, 1.165) is 19.0 Å². The average molecular weight is 327 g/mol. The van der Waals surface area contributed by atoms with Crippen molar-refractivity contribution in [1.82, 2.24) is 14.1 Å². The van der Waals surface area contributed by atoms with Crippen LogP contribution < -0.4 is 5.69 Å². The smallest absolute Gasteiger partial charge is 0.292 e. The van der Waals surface area contributed by atoms with Crippen molar-refractivity contribution < 1.29 is 8.78 Å². The van der Waals surface area contributed by atoms with E-state index in [0.29, 0.717) is 12.1 Å². The number of aromatic nitrogens is 3. The third-order valence-electron chi connectivity index (χ3n) is 4.81. The Hall–Kier alpha value is -2.68. The molecule has 1 saturated carbocycles. The number of rotatable bonds is 3. The van der Waals surface area contributed by atoms with E-state index in [1.165, 1.54) is 17.7 Å². The van der Waals surface area contributed by atoms with E-state index in [1.807, 2.05) is 0 Å². The van der Waals surface area contributed by atoms with Crippen molar-refractivity contribution >= 4 is 11.0 Å². The fraction of sp³-hybridized carbons (Fsp3) is 0.333. The number of nitrogens with zero attached hydrogens (tertiary/aromatic N) is 3. The molecule has 122 valence electrons. The van der Waals surface area contributed by atoms with Crippen molar-refractivity contribution in [3.8, 4) is 11.1 Å². The molecule has 0 atom stereocenters. The summed E-state index contributed by atoms with van der Waals surface area (Å²) in [5.74, 6) is -1.32. The summed E-state index contributed by atoms with van der Waals surface area (Å²) in [7, 11) is 1.53. The molecule has 0 N–H and O–H groups in total. The van der Waals surface area contributed by atoms with Crippen LogP contribution in [0, 0.1) is 29.3 Å². The lowest BCUT2D eigenvalue weighted by Crippen LogP contribution is -2.25. The van der Waals surface area contributed by atoms with E-state index in [1.54, 1.807) is 10.6 Å². The van der Waals surface area contributed by atoms with E-state index >= 15 is 4.39 Å². The Morgan fingerprint density at radius 3 is 2.75 bits per heavy atom. The summed E-state index contributed by atoms with van der Waals surface area (Å²) in [5, 5.41) is 0. The number of hydrogen-bond donors (Lipinski definition) is 0. The first-order valence-electron chi connectivity index (χ1n) is 7.73. The Morgan fingerprint density at radius 2 is 2.08 bits per heavy atom. The van der Waals surface area contributed by atoms with Crippen LogP contribution in [0.3, 0.4) is 0 Å². The number of benzene rings is 1. The van der Waals surface area contributed by atoms with E-state index in [2.05, 4.69) is 24.2 Å². The fourth-order valence-electron chi connectivity index (χ4n) is 3.07. The third-order valence-corrected chi connectivity index (χ3v) is 4.81. The summed E-state index contributed by atoms with van der Waals surface area (Å²) in [6, 6.07) is 5.64. The quantitative estimate of drug-likeness (QED) is 0.742. The molecule has 0 unspecified atom stereocenters. The first-order valence-corrected chi connectivity index (χ1v) is 7.73. The highest BCUT2D eigenvalue weighted by molar-refractivity contribution is 5.83. The molecule has 2 aromatic heterocycles. The molecule has 0 spiro atoms. The van der Waals surface area contributed by atoms with Gasteiger partial charge in [-0.1, -0.05) is 6.92 Å². The number of hydrogen-bond acceptors (Lipinski definition) is 2. The normalized spacial score (nSPS) is 15.5. The predicted molar refractivity (Wildman–Crippen MR) is 85.3 cm³/mol. The first-order chi connectivity index (χ1) is 11.4. The molecule has 1 fully saturated rings. The van der Waals surface area contributed by atoms with Gasteiger partial charge in [0.25, 0.3) is 0 Å². The standard InChI is InChI=1S/C18H15F2N3O/c1-18(6-7-18)10-23-14-4-3-12(11-5-8-21-9-13(11)19)15(20)16(14)22(2)17(23)24/h3-4,9H,6-7,10H2,1-2H3. The molecule has 0 bridgehead atoms. The van der Waals surface area contributed by atoms with Gasteiger partial charge in [-0.2, -0.15) is 0 Å². The van der Waals surface area contributed by atoms with Crippen LogP contribution in [0.25, 0.3) is 22.2 Å². The summed E-state index contributed by atoms with van der Waals surface area (Å²) in [5.41, 5.74) is 0.539. The molecular formula is C18H15F2N3O. The van der Waals surface area contributed by atoms with Gasteiger partial charge in [0.15, 0.2) is 11.6 Å². The van der Waals surface area contributed by atoms with Gasteiger partial charge in [-0.15, -0.1) is 0 Å². The molecule has 2 heterocycles. The number of fused-ring (bicyclic) bond motifs is 1. The minimum absolute atomic E-state index is 0.0428. The van der Waals surface area contributed by atoms with Crippen molar-refractivity contribution in [2.24, 2.45) is 12.5 Å². The largest absolute Gasteiger partial charge is 0.328 e. The van der Waals surface area contributed by atoms with Gasteiger partial charge in [0, 0.05) is 25.4 Å². The monoisotopic (exact) mass is 327 g/mol. The molecule has 4 rings (SSSR count). The molecule has 1 aliphatic rings. The molecule has 0 amide bonds. The van der Waals surface area contributed by atoms with Crippen LogP contribution in [0.4, 0.5) is 8.78 Å². The van der Waals surface area contributed by atoms with E-state index in [9.17, 15) is 9.18 Å². The zero-order valence-electron chi connectivity index (χ0n) is 13.4. The Labute approximate surface area is 137 Å². The van der Waals surface area contributed by atoms with Crippen LogP contribution in [0.5, 0.6) is 0 Å². The van der Waals surface area contributed by atoms with E-state index in [-0.39, 0.29) is 27.7 Å². The maximum atomic E-state index is 15.0. The van der Waals surface area contributed by atoms with Crippen molar-refractivity contribution in [3.05, 3.63) is 52.7 Å². The summed E-state index contributed by atoms with van der Waals surface area (Å²) in [6.07, 6.45) is 5.47. The highest BCUT2D eigenvalue weighted by Gasteiger charge is 2.38. The zero-order valence-corrected chi connectivity index (χ0v) is 13.4. The molecule has 0 saturated heterocycles. The maximum absolute atomic E-state index is 15.0. The van der Waals surface area contributed by atoms with Gasteiger partial charge in [-0.3, -0.25) is 9.13 Å². The molecule has 0 radical (unpaired) electrons. The Morgan fingerprint density at radius 1 is 1.33 bits per heavy atom. The van der Waals surface area contributed by atoms with Gasteiger partial charge >= 0.3 is 5.69 Å². The number of aryl methyl sites for hydroxylation is 1. The van der Waals surface area contributed by atoms with Gasteiger partial charge < -0.3 is 0 Å². The van der Waals surface area contributed by atoms with Crippen LogP contribution in [0.15, 0.2) is 23.1 Å². The van der Waals surface area contributed by atoms with Gasteiger partial charge in [-0.25, -0.2) is 18.6 Å². The van der Waals surface area contributed by atoms with Crippen molar-refractivity contribution in [3.63, 3.8) is 0 Å². The van der Waals surface area contributed by atoms with Crippen molar-refractivity contribution in [2.45, 2.75) is 26.3 Å². The van der Waals surface area contributed by atoms with Gasteiger partial charge in [-0.05, 0) is 36.5 Å². The molecule has 6 heteroatoms. The average Bonchev–Trinajstić information content (AvgIpc) is 3.24. The van der Waals surface area contributed by atoms with Gasteiger partial charge in [0.05, 0.1) is 17.3 Å². The van der Waals surface area contributed by atoms with Crippen LogP contribution >= 0.6 is 0 Å². The number of imidazole rings is 1. The van der Waals surface area contributed by atoms with E-state index in [4.69, 9.17) is 0 Å². The lowest BCUT2D eigenvalue weighted by atomic mass is 10.1. The predicted octanol–water partition coefficient (Wildman–Crippen LogP) is 3.08. The first kappa shape index (κ1) is 14.9. The third kappa shape index (κ3) is 2.12. The minimum Gasteiger partial charge on any atom is -0.292 e. The summed E-state index contributed by atoms with van der Waals surface area (Å²) in [6.45, 7) is 2.67. The lowest BCUT2D eigenvalue weighted by molar-refractivity contribution is 0.460. The van der Waals surface area contributed by atoms with Gasteiger partial charge in [0.2, 0.25) is 0 Å². The maximum Gasteiger partial charge on any atom is 0.328 e. The molecule has 1 aromatic carbocycles. The fourth-order valence-corrected chi connectivity index (χ4v) is 3.07. The molecule has 0 aliphatic heterocycles. The number of halogens is 2.